The van der Waals surface area contributed by atoms with Crippen LogP contribution in [-0.4, -0.2) is 35.2 Å². The third-order valence-electron chi connectivity index (χ3n) is 9.93. The van der Waals surface area contributed by atoms with Gasteiger partial charge in [-0.05, 0) is 80.5 Å². The van der Waals surface area contributed by atoms with Crippen molar-refractivity contribution in [3.8, 4) is 0 Å². The Hall–Kier alpha value is -0.0800. The van der Waals surface area contributed by atoms with E-state index in [2.05, 4.69) is 18.7 Å². The first-order valence-corrected chi connectivity index (χ1v) is 10.9. The first-order valence-electron chi connectivity index (χ1n) is 10.9. The third kappa shape index (κ3) is 2.08. The van der Waals surface area contributed by atoms with Crippen molar-refractivity contribution in [1.82, 2.24) is 4.90 Å². The molecule has 7 atom stereocenters. The Balaban J connectivity index is 1.43. The zero-order chi connectivity index (χ0) is 16.6. The molecule has 0 radical (unpaired) electrons. The molecule has 2 nitrogen and oxygen atoms in total. The minimum Gasteiger partial charge on any atom is -0.388 e. The van der Waals surface area contributed by atoms with E-state index >= 15 is 0 Å². The lowest BCUT2D eigenvalue weighted by Gasteiger charge is -2.61. The average Bonchev–Trinajstić information content (AvgIpc) is 3.32. The molecule has 0 aromatic rings. The highest BCUT2D eigenvalue weighted by molar-refractivity contribution is 5.15. The largest absolute Gasteiger partial charge is 0.388 e. The van der Waals surface area contributed by atoms with E-state index < -0.39 is 5.60 Å². The van der Waals surface area contributed by atoms with Gasteiger partial charge < -0.3 is 5.11 Å². The van der Waals surface area contributed by atoms with Gasteiger partial charge in [0.15, 0.2) is 0 Å². The van der Waals surface area contributed by atoms with Crippen molar-refractivity contribution in [2.45, 2.75) is 83.7 Å². The van der Waals surface area contributed by atoms with E-state index in [1.54, 1.807) is 0 Å². The van der Waals surface area contributed by atoms with Crippen LogP contribution in [0.15, 0.2) is 0 Å². The molecule has 0 bridgehead atoms. The fraction of sp³-hybridized carbons (Fsp3) is 1.00. The first kappa shape index (κ1) is 16.1. The predicted molar refractivity (Wildman–Crippen MR) is 97.7 cm³/mol. The van der Waals surface area contributed by atoms with Gasteiger partial charge in [0.05, 0.1) is 5.60 Å². The number of hydrogen-bond donors (Lipinski definition) is 1. The van der Waals surface area contributed by atoms with Crippen LogP contribution in [0, 0.1) is 34.5 Å². The molecular formula is C22H37NO. The summed E-state index contributed by atoms with van der Waals surface area (Å²) < 4.78 is 0. The summed E-state index contributed by atoms with van der Waals surface area (Å²) in [6.45, 7) is 8.52. The van der Waals surface area contributed by atoms with Crippen LogP contribution < -0.4 is 0 Å². The molecule has 4 aliphatic carbocycles. The highest BCUT2D eigenvalue weighted by atomic mass is 16.3. The summed E-state index contributed by atoms with van der Waals surface area (Å²) in [6.07, 6.45) is 13.9. The molecule has 1 saturated heterocycles. The van der Waals surface area contributed by atoms with Crippen molar-refractivity contribution in [2.75, 3.05) is 19.6 Å². The Morgan fingerprint density at radius 1 is 0.875 bits per heavy atom. The summed E-state index contributed by atoms with van der Waals surface area (Å²) >= 11 is 0. The van der Waals surface area contributed by atoms with Gasteiger partial charge in [-0.2, -0.15) is 0 Å². The predicted octanol–water partition coefficient (Wildman–Crippen LogP) is 4.47. The highest BCUT2D eigenvalue weighted by Crippen LogP contribution is 2.68. The Bertz CT molecular complexity index is 516. The lowest BCUT2D eigenvalue weighted by molar-refractivity contribution is -0.153. The maximum Gasteiger partial charge on any atom is 0.0830 e. The number of rotatable bonds is 2. The number of fused-ring (bicyclic) bond motifs is 5. The summed E-state index contributed by atoms with van der Waals surface area (Å²) in [7, 11) is 0. The minimum atomic E-state index is -0.399. The van der Waals surface area contributed by atoms with Gasteiger partial charge in [-0.1, -0.05) is 26.7 Å². The molecule has 0 amide bonds. The van der Waals surface area contributed by atoms with Crippen molar-refractivity contribution in [3.05, 3.63) is 0 Å². The summed E-state index contributed by atoms with van der Waals surface area (Å²) in [6, 6.07) is 0. The zero-order valence-electron chi connectivity index (χ0n) is 15.9. The fourth-order valence-electron chi connectivity index (χ4n) is 8.26. The average molecular weight is 332 g/mol. The molecule has 0 unspecified atom stereocenters. The molecule has 5 aliphatic rings. The molecule has 5 fully saturated rings. The maximum absolute atomic E-state index is 11.6. The highest BCUT2D eigenvalue weighted by Gasteiger charge is 2.64. The zero-order valence-corrected chi connectivity index (χ0v) is 15.9. The van der Waals surface area contributed by atoms with E-state index in [1.165, 1.54) is 70.9 Å². The van der Waals surface area contributed by atoms with Crippen LogP contribution in [0.3, 0.4) is 0 Å². The van der Waals surface area contributed by atoms with Crippen LogP contribution in [0.5, 0.6) is 0 Å². The quantitative estimate of drug-likeness (QED) is 0.755. The SMILES string of the molecule is C[C@]12CCCC[C@@H]1CC[C@@H]1[C@H]2CC[C@@]2(C)[C@@H]1CC[C@@]2(O)CN1CC1. The fourth-order valence-corrected chi connectivity index (χ4v) is 8.26. The van der Waals surface area contributed by atoms with Gasteiger partial charge in [0.2, 0.25) is 0 Å². The summed E-state index contributed by atoms with van der Waals surface area (Å²) in [4.78, 5) is 2.46. The second kappa shape index (κ2) is 5.22. The standard InChI is InChI=1S/C22H37NO/c1-20-10-4-3-5-16(20)6-7-17-18(20)8-11-21(2)19(17)9-12-22(21,24)15-23-13-14-23/h16-19,24H,3-15H2,1-2H3/t16-,17-,18-,19-,20+,21+,22-/m1/s1. The molecule has 136 valence electrons. The van der Waals surface area contributed by atoms with E-state index in [0.29, 0.717) is 5.41 Å². The number of aliphatic hydroxyl groups is 1. The molecule has 0 aromatic heterocycles. The Kier molecular flexibility index (Phi) is 3.51. The van der Waals surface area contributed by atoms with Gasteiger partial charge in [0.25, 0.3) is 0 Å². The smallest absolute Gasteiger partial charge is 0.0830 e. The second-order valence-corrected chi connectivity index (χ2v) is 10.7. The monoisotopic (exact) mass is 331 g/mol. The van der Waals surface area contributed by atoms with E-state index in [9.17, 15) is 5.11 Å². The summed E-state index contributed by atoms with van der Waals surface area (Å²) in [5.74, 6) is 3.67. The van der Waals surface area contributed by atoms with Crippen molar-refractivity contribution in [1.29, 1.82) is 0 Å². The molecule has 0 spiro atoms. The molecule has 1 N–H and O–H groups in total. The van der Waals surface area contributed by atoms with Gasteiger partial charge in [-0.25, -0.2) is 0 Å². The normalized spacial score (nSPS) is 57.1. The maximum atomic E-state index is 11.6. The van der Waals surface area contributed by atoms with Crippen LogP contribution in [0.2, 0.25) is 0 Å². The first-order chi connectivity index (χ1) is 11.5. The van der Waals surface area contributed by atoms with Crippen molar-refractivity contribution in [2.24, 2.45) is 34.5 Å². The van der Waals surface area contributed by atoms with Gasteiger partial charge in [0, 0.05) is 25.0 Å². The molecule has 1 heterocycles. The van der Waals surface area contributed by atoms with Crippen molar-refractivity contribution in [3.63, 3.8) is 0 Å². The van der Waals surface area contributed by atoms with E-state index in [1.807, 2.05) is 0 Å². The molecule has 5 rings (SSSR count). The third-order valence-corrected chi connectivity index (χ3v) is 9.93. The van der Waals surface area contributed by atoms with Crippen LogP contribution in [0.1, 0.15) is 78.1 Å². The number of nitrogens with zero attached hydrogens (tertiary/aromatic N) is 1. The lowest BCUT2D eigenvalue weighted by atomic mass is 9.44. The van der Waals surface area contributed by atoms with Gasteiger partial charge in [-0.15, -0.1) is 0 Å². The van der Waals surface area contributed by atoms with Crippen molar-refractivity contribution < 1.29 is 5.11 Å². The minimum absolute atomic E-state index is 0.189. The molecule has 24 heavy (non-hydrogen) atoms. The van der Waals surface area contributed by atoms with Crippen molar-refractivity contribution >= 4 is 0 Å². The number of hydrogen-bond acceptors (Lipinski definition) is 2. The molecular weight excluding hydrogens is 294 g/mol. The molecule has 2 heteroatoms. The van der Waals surface area contributed by atoms with E-state index in [4.69, 9.17) is 0 Å². The molecule has 1 aliphatic heterocycles. The topological polar surface area (TPSA) is 23.2 Å². The van der Waals surface area contributed by atoms with Gasteiger partial charge >= 0.3 is 0 Å². The van der Waals surface area contributed by atoms with E-state index in [-0.39, 0.29) is 5.41 Å². The molecule has 4 saturated carbocycles. The number of β-amino-alcohol motifs (C(OH)–C–C–N with tert-alkyl or cyclic N) is 1. The Morgan fingerprint density at radius 2 is 1.67 bits per heavy atom. The summed E-state index contributed by atoms with van der Waals surface area (Å²) in [5, 5.41) is 11.6. The lowest BCUT2D eigenvalue weighted by Crippen LogP contribution is -2.57. The van der Waals surface area contributed by atoms with Crippen LogP contribution in [0.25, 0.3) is 0 Å². The van der Waals surface area contributed by atoms with Crippen LogP contribution >= 0.6 is 0 Å². The van der Waals surface area contributed by atoms with E-state index in [0.717, 1.165) is 36.6 Å². The van der Waals surface area contributed by atoms with Crippen LogP contribution in [0.4, 0.5) is 0 Å². The summed E-state index contributed by atoms with van der Waals surface area (Å²) in [5.41, 5.74) is 0.418. The van der Waals surface area contributed by atoms with Gasteiger partial charge in [-0.3, -0.25) is 4.90 Å². The van der Waals surface area contributed by atoms with Gasteiger partial charge in [0.1, 0.15) is 0 Å². The second-order valence-electron chi connectivity index (χ2n) is 10.7. The Morgan fingerprint density at radius 3 is 2.46 bits per heavy atom. The Labute approximate surface area is 148 Å². The molecule has 0 aromatic carbocycles. The van der Waals surface area contributed by atoms with Crippen LogP contribution in [-0.2, 0) is 0 Å².